The smallest absolute Gasteiger partial charge is 0.311 e. The van der Waals surface area contributed by atoms with Crippen LogP contribution in [0.4, 0.5) is 17.5 Å². The number of aromatic nitrogens is 2. The summed E-state index contributed by atoms with van der Waals surface area (Å²) in [5.41, 5.74) is 1.55. The third-order valence-corrected chi connectivity index (χ3v) is 4.38. The highest BCUT2D eigenvalue weighted by molar-refractivity contribution is 5.98. The van der Waals surface area contributed by atoms with E-state index in [4.69, 9.17) is 0 Å². The molecule has 2 aliphatic heterocycles. The van der Waals surface area contributed by atoms with Gasteiger partial charge in [0.05, 0.1) is 11.5 Å². The Morgan fingerprint density at radius 1 is 1.29 bits per heavy atom. The average Bonchev–Trinajstić information content (AvgIpc) is 2.97. The zero-order chi connectivity index (χ0) is 16.8. The van der Waals surface area contributed by atoms with Gasteiger partial charge in [-0.1, -0.05) is 18.2 Å². The third-order valence-electron chi connectivity index (χ3n) is 4.38. The molecule has 1 amide bonds. The molecule has 24 heavy (non-hydrogen) atoms. The molecule has 0 spiro atoms. The van der Waals surface area contributed by atoms with Gasteiger partial charge in [-0.05, 0) is 18.1 Å². The van der Waals surface area contributed by atoms with Crippen LogP contribution in [0.2, 0.25) is 0 Å². The number of nitrogens with one attached hydrogen (secondary N) is 2. The number of amides is 1. The molecule has 0 saturated carbocycles. The van der Waals surface area contributed by atoms with Crippen LogP contribution in [0.25, 0.3) is 0 Å². The van der Waals surface area contributed by atoms with Crippen LogP contribution >= 0.6 is 0 Å². The minimum atomic E-state index is -1.21. The number of H-pyrrole nitrogens is 1. The van der Waals surface area contributed by atoms with Gasteiger partial charge < -0.3 is 15.3 Å². The van der Waals surface area contributed by atoms with E-state index in [0.717, 1.165) is 17.7 Å². The van der Waals surface area contributed by atoms with Gasteiger partial charge in [-0.3, -0.25) is 19.4 Å². The van der Waals surface area contributed by atoms with Crippen molar-refractivity contribution in [2.45, 2.75) is 18.8 Å². The SMILES string of the molecule is O=C1C[C@@H](C(=O)O)c2c(nc(N3CCc4ccccc43)[nH]c2=O)N1. The molecule has 3 heterocycles. The van der Waals surface area contributed by atoms with E-state index < -0.39 is 23.4 Å². The molecule has 4 rings (SSSR count). The molecule has 0 unspecified atom stereocenters. The summed E-state index contributed by atoms with van der Waals surface area (Å²) in [5, 5.41) is 11.8. The van der Waals surface area contributed by atoms with Crippen molar-refractivity contribution in [1.29, 1.82) is 0 Å². The average molecular weight is 326 g/mol. The number of hydrogen-bond donors (Lipinski definition) is 3. The van der Waals surface area contributed by atoms with Gasteiger partial charge in [-0.25, -0.2) is 0 Å². The van der Waals surface area contributed by atoms with Crippen molar-refractivity contribution in [3.05, 3.63) is 45.7 Å². The van der Waals surface area contributed by atoms with E-state index in [1.165, 1.54) is 0 Å². The maximum absolute atomic E-state index is 12.4. The van der Waals surface area contributed by atoms with Crippen LogP contribution in [0.5, 0.6) is 0 Å². The highest BCUT2D eigenvalue weighted by atomic mass is 16.4. The topological polar surface area (TPSA) is 115 Å². The number of aromatic amines is 1. The number of carboxylic acid groups (broad SMARTS) is 1. The zero-order valence-corrected chi connectivity index (χ0v) is 12.6. The van der Waals surface area contributed by atoms with Gasteiger partial charge in [-0.2, -0.15) is 4.98 Å². The van der Waals surface area contributed by atoms with E-state index in [2.05, 4.69) is 15.3 Å². The molecule has 2 aromatic rings. The van der Waals surface area contributed by atoms with Crippen LogP contribution in [0.1, 0.15) is 23.5 Å². The predicted octanol–water partition coefficient (Wildman–Crippen LogP) is 0.974. The molecule has 0 aliphatic carbocycles. The molecule has 3 N–H and O–H groups in total. The number of aliphatic carboxylic acids is 1. The van der Waals surface area contributed by atoms with Crippen LogP contribution < -0.4 is 15.8 Å². The Hall–Kier alpha value is -3.16. The first-order chi connectivity index (χ1) is 11.5. The second kappa shape index (κ2) is 5.19. The fourth-order valence-corrected chi connectivity index (χ4v) is 3.26. The monoisotopic (exact) mass is 326 g/mol. The first-order valence-electron chi connectivity index (χ1n) is 7.57. The first-order valence-corrected chi connectivity index (χ1v) is 7.57. The minimum Gasteiger partial charge on any atom is -0.481 e. The lowest BCUT2D eigenvalue weighted by Gasteiger charge is -2.24. The summed E-state index contributed by atoms with van der Waals surface area (Å²) in [6, 6.07) is 7.79. The number of fused-ring (bicyclic) bond motifs is 2. The Morgan fingerprint density at radius 2 is 2.08 bits per heavy atom. The van der Waals surface area contributed by atoms with Gasteiger partial charge in [0.25, 0.3) is 5.56 Å². The van der Waals surface area contributed by atoms with E-state index in [9.17, 15) is 19.5 Å². The quantitative estimate of drug-likeness (QED) is 0.757. The number of benzene rings is 1. The molecular weight excluding hydrogens is 312 g/mol. The number of rotatable bonds is 2. The van der Waals surface area contributed by atoms with E-state index in [-0.39, 0.29) is 17.8 Å². The van der Waals surface area contributed by atoms with Gasteiger partial charge in [0.15, 0.2) is 0 Å². The van der Waals surface area contributed by atoms with Gasteiger partial charge in [0, 0.05) is 18.7 Å². The van der Waals surface area contributed by atoms with Crippen molar-refractivity contribution in [2.75, 3.05) is 16.8 Å². The lowest BCUT2D eigenvalue weighted by atomic mass is 9.94. The third kappa shape index (κ3) is 2.15. The molecule has 2 aliphatic rings. The second-order valence-corrected chi connectivity index (χ2v) is 5.83. The molecule has 0 saturated heterocycles. The lowest BCUT2D eigenvalue weighted by Crippen LogP contribution is -2.35. The van der Waals surface area contributed by atoms with Crippen LogP contribution in [-0.2, 0) is 16.0 Å². The summed E-state index contributed by atoms with van der Waals surface area (Å²) in [5.74, 6) is -2.51. The predicted molar refractivity (Wildman–Crippen MR) is 85.6 cm³/mol. The van der Waals surface area contributed by atoms with Gasteiger partial charge >= 0.3 is 5.97 Å². The molecule has 0 fully saturated rings. The standard InChI is InChI=1S/C16H14N4O4/c21-11-7-9(15(23)24)12-13(17-11)18-16(19-14(12)22)20-6-5-8-3-1-2-4-10(8)20/h1-4,9H,5-7H2,(H,23,24)(H2,17,18,19,21,22)/t9-/m1/s1. The van der Waals surface area contributed by atoms with Crippen LogP contribution in [0.3, 0.4) is 0 Å². The van der Waals surface area contributed by atoms with Crippen molar-refractivity contribution in [3.63, 3.8) is 0 Å². The zero-order valence-electron chi connectivity index (χ0n) is 12.6. The van der Waals surface area contributed by atoms with Crippen molar-refractivity contribution < 1.29 is 14.7 Å². The Kier molecular flexibility index (Phi) is 3.12. The summed E-state index contributed by atoms with van der Waals surface area (Å²) in [4.78, 5) is 44.4. The molecule has 0 bridgehead atoms. The first kappa shape index (κ1) is 14.4. The molecule has 122 valence electrons. The van der Waals surface area contributed by atoms with Gasteiger partial charge in [-0.15, -0.1) is 0 Å². The van der Waals surface area contributed by atoms with E-state index >= 15 is 0 Å². The van der Waals surface area contributed by atoms with E-state index in [0.29, 0.717) is 12.5 Å². The van der Waals surface area contributed by atoms with E-state index in [1.54, 1.807) is 0 Å². The Labute approximate surface area is 136 Å². The normalized spacial score (nSPS) is 18.8. The molecule has 8 nitrogen and oxygen atoms in total. The van der Waals surface area contributed by atoms with Gasteiger partial charge in [0.1, 0.15) is 5.82 Å². The summed E-state index contributed by atoms with van der Waals surface area (Å²) < 4.78 is 0. The summed E-state index contributed by atoms with van der Waals surface area (Å²) in [7, 11) is 0. The highest BCUT2D eigenvalue weighted by Crippen LogP contribution is 2.34. The maximum atomic E-state index is 12.4. The fourth-order valence-electron chi connectivity index (χ4n) is 3.26. The Balaban J connectivity index is 1.83. The summed E-state index contributed by atoms with van der Waals surface area (Å²) in [6.07, 6.45) is 0.556. The largest absolute Gasteiger partial charge is 0.481 e. The van der Waals surface area contributed by atoms with Gasteiger partial charge in [0.2, 0.25) is 11.9 Å². The van der Waals surface area contributed by atoms with Crippen LogP contribution in [-0.4, -0.2) is 33.5 Å². The number of carbonyl (C=O) groups excluding carboxylic acids is 1. The highest BCUT2D eigenvalue weighted by Gasteiger charge is 2.35. The number of carboxylic acids is 1. The van der Waals surface area contributed by atoms with Crippen LogP contribution in [0.15, 0.2) is 29.1 Å². The molecule has 8 heteroatoms. The number of nitrogens with zero attached hydrogens (tertiary/aromatic N) is 2. The van der Waals surface area contributed by atoms with Crippen molar-refractivity contribution in [1.82, 2.24) is 9.97 Å². The summed E-state index contributed by atoms with van der Waals surface area (Å²) >= 11 is 0. The molecule has 1 aromatic heterocycles. The number of para-hydroxylation sites is 1. The number of carbonyl (C=O) groups is 2. The van der Waals surface area contributed by atoms with Crippen LogP contribution in [0, 0.1) is 0 Å². The number of anilines is 3. The minimum absolute atomic E-state index is 0.00154. The second-order valence-electron chi connectivity index (χ2n) is 5.83. The Morgan fingerprint density at radius 3 is 2.88 bits per heavy atom. The summed E-state index contributed by atoms with van der Waals surface area (Å²) in [6.45, 7) is 0.650. The molecule has 1 atom stereocenters. The van der Waals surface area contributed by atoms with Crippen molar-refractivity contribution in [3.8, 4) is 0 Å². The molecule has 1 aromatic carbocycles. The maximum Gasteiger partial charge on any atom is 0.311 e. The number of hydrogen-bond acceptors (Lipinski definition) is 5. The lowest BCUT2D eigenvalue weighted by molar-refractivity contribution is -0.140. The fraction of sp³-hybridized carbons (Fsp3) is 0.250. The van der Waals surface area contributed by atoms with Crippen molar-refractivity contribution >= 4 is 29.3 Å². The molecular formula is C16H14N4O4. The Bertz CT molecular complexity index is 921. The van der Waals surface area contributed by atoms with E-state index in [1.807, 2.05) is 29.2 Å². The van der Waals surface area contributed by atoms with Crippen molar-refractivity contribution in [2.24, 2.45) is 0 Å². The molecule has 0 radical (unpaired) electrons.